The van der Waals surface area contributed by atoms with Crippen molar-refractivity contribution in [3.8, 4) is 22.4 Å². The van der Waals surface area contributed by atoms with Crippen molar-refractivity contribution in [2.45, 2.75) is 32.4 Å². The zero-order chi connectivity index (χ0) is 25.4. The van der Waals surface area contributed by atoms with Crippen molar-refractivity contribution in [2.24, 2.45) is 0 Å². The number of nitrogens with zero attached hydrogens (tertiary/aromatic N) is 1. The Morgan fingerprint density at radius 3 is 2.28 bits per heavy atom. The molecule has 187 valence electrons. The molecule has 1 aromatic heterocycles. The van der Waals surface area contributed by atoms with Crippen LogP contribution in [-0.4, -0.2) is 22.1 Å². The average molecular weight is 667 g/mol. The third-order valence-electron chi connectivity index (χ3n) is 6.10. The first-order valence-electron chi connectivity index (χ1n) is 11.0. The molecule has 0 amide bonds. The fourth-order valence-electron chi connectivity index (χ4n) is 4.39. The maximum absolute atomic E-state index is 14.2. The predicted molar refractivity (Wildman–Crippen MR) is 131 cm³/mol. The van der Waals surface area contributed by atoms with E-state index in [4.69, 9.17) is 5.11 Å². The second-order valence-electron chi connectivity index (χ2n) is 8.63. The summed E-state index contributed by atoms with van der Waals surface area (Å²) in [6, 6.07) is 24.6. The van der Waals surface area contributed by atoms with Crippen molar-refractivity contribution >= 4 is 16.7 Å². The number of rotatable bonds is 2. The summed E-state index contributed by atoms with van der Waals surface area (Å²) in [5, 5.41) is 9.35. The Kier molecular flexibility index (Phi) is 7.87. The van der Waals surface area contributed by atoms with E-state index >= 15 is 0 Å². The molecule has 1 radical (unpaired) electrons. The maximum atomic E-state index is 14.2. The van der Waals surface area contributed by atoms with Crippen LogP contribution < -0.4 is 0 Å². The quantitative estimate of drug-likeness (QED) is 0.136. The minimum atomic E-state index is -4.41. The number of alkyl halides is 3. The van der Waals surface area contributed by atoms with Crippen LogP contribution >= 0.6 is 0 Å². The molecule has 1 heterocycles. The van der Waals surface area contributed by atoms with Crippen LogP contribution in [0.15, 0.2) is 84.6 Å². The van der Waals surface area contributed by atoms with Gasteiger partial charge in [-0.1, -0.05) is 65.7 Å². The molecule has 0 aliphatic heterocycles. The van der Waals surface area contributed by atoms with Crippen LogP contribution in [0.5, 0.6) is 0 Å². The number of allylic oxidation sites excluding steroid dienone is 2. The molecule has 1 N–H and O–H groups in total. The number of aromatic nitrogens is 1. The molecular weight excluding hydrogens is 644 g/mol. The molecule has 0 saturated heterocycles. The van der Waals surface area contributed by atoms with Gasteiger partial charge in [-0.2, -0.15) is 13.2 Å². The van der Waals surface area contributed by atoms with Crippen molar-refractivity contribution in [3.63, 3.8) is 0 Å². The van der Waals surface area contributed by atoms with Crippen molar-refractivity contribution in [1.29, 1.82) is 0 Å². The van der Waals surface area contributed by atoms with E-state index in [1.54, 1.807) is 36.4 Å². The van der Waals surface area contributed by atoms with E-state index in [2.05, 4.69) is 11.1 Å². The summed E-state index contributed by atoms with van der Waals surface area (Å²) in [4.78, 5) is 14.6. The maximum Gasteiger partial charge on any atom is 0.400 e. The first kappa shape index (κ1) is 27.3. The standard InChI is InChI=1S/C24H15F3N.C5H8O2.Ir/c1-23(24(25,26)27)19-8-4-3-7-17(19)18-12-10-16(14-20(18)23)22-13-11-15-6-2-5-9-21(15)28-22;1-4(6)3-5(2)7;/h2-9,11-14H,1H3;3,6H,1-2H3;/q-1;;/b;4-3-;. The van der Waals surface area contributed by atoms with Crippen LogP contribution in [0.25, 0.3) is 33.3 Å². The number of carbonyl (C=O) groups excluding carboxylic acids is 1. The summed E-state index contributed by atoms with van der Waals surface area (Å²) in [5.41, 5.74) is 1.66. The molecule has 0 bridgehead atoms. The van der Waals surface area contributed by atoms with Gasteiger partial charge in [-0.3, -0.25) is 9.78 Å². The molecule has 1 unspecified atom stereocenters. The smallest absolute Gasteiger partial charge is 0.400 e. The van der Waals surface area contributed by atoms with Gasteiger partial charge >= 0.3 is 6.18 Å². The summed E-state index contributed by atoms with van der Waals surface area (Å²) < 4.78 is 42.7. The minimum Gasteiger partial charge on any atom is -0.512 e. The van der Waals surface area contributed by atoms with Crippen molar-refractivity contribution < 1.29 is 43.2 Å². The van der Waals surface area contributed by atoms with Crippen LogP contribution in [-0.2, 0) is 30.3 Å². The Bertz CT molecular complexity index is 1460. The molecule has 1 aliphatic carbocycles. The SMILES string of the molecule is CC(=O)/C=C(/C)O.CC1(C(F)(F)F)c2ccccc2-c2c[c-]c(-c3ccc4ccccc4n3)cc21.[Ir]. The van der Waals surface area contributed by atoms with Gasteiger partial charge in [-0.15, -0.1) is 29.3 Å². The Morgan fingerprint density at radius 2 is 1.64 bits per heavy atom. The molecule has 7 heteroatoms. The molecular formula is C29H23F3IrNO2-. The Hall–Kier alpha value is -3.28. The number of ketones is 1. The van der Waals surface area contributed by atoms with E-state index < -0.39 is 11.6 Å². The normalized spacial score (nSPS) is 16.3. The third-order valence-corrected chi connectivity index (χ3v) is 6.10. The van der Waals surface area contributed by atoms with Gasteiger partial charge in [0.05, 0.1) is 16.7 Å². The number of benzene rings is 3. The minimum absolute atomic E-state index is 0. The molecule has 0 fully saturated rings. The van der Waals surface area contributed by atoms with E-state index in [-0.39, 0.29) is 42.8 Å². The zero-order valence-electron chi connectivity index (χ0n) is 19.8. The molecule has 1 atom stereocenters. The van der Waals surface area contributed by atoms with E-state index in [0.29, 0.717) is 22.4 Å². The number of halogens is 3. The van der Waals surface area contributed by atoms with Crippen LogP contribution in [0.1, 0.15) is 31.9 Å². The van der Waals surface area contributed by atoms with Crippen LogP contribution in [0, 0.1) is 6.07 Å². The van der Waals surface area contributed by atoms with Gasteiger partial charge in [0.2, 0.25) is 0 Å². The number of pyridine rings is 1. The van der Waals surface area contributed by atoms with Gasteiger partial charge in [0.25, 0.3) is 0 Å². The van der Waals surface area contributed by atoms with Gasteiger partial charge < -0.3 is 5.11 Å². The summed E-state index contributed by atoms with van der Waals surface area (Å²) in [6.07, 6.45) is -3.25. The third kappa shape index (κ3) is 4.99. The van der Waals surface area contributed by atoms with E-state index in [9.17, 15) is 18.0 Å². The Balaban J connectivity index is 0.000000400. The van der Waals surface area contributed by atoms with Gasteiger partial charge in [-0.05, 0) is 43.5 Å². The number of fused-ring (bicyclic) bond motifs is 4. The fraction of sp³-hybridized carbons (Fsp3) is 0.172. The van der Waals surface area contributed by atoms with Gasteiger partial charge in [0, 0.05) is 26.2 Å². The average Bonchev–Trinajstić information content (AvgIpc) is 3.08. The summed E-state index contributed by atoms with van der Waals surface area (Å²) in [7, 11) is 0. The van der Waals surface area contributed by atoms with Crippen molar-refractivity contribution in [3.05, 3.63) is 102 Å². The summed E-state index contributed by atoms with van der Waals surface area (Å²) in [5.74, 6) is -0.0625. The monoisotopic (exact) mass is 667 g/mol. The zero-order valence-corrected chi connectivity index (χ0v) is 22.2. The number of aliphatic hydroxyl groups is 1. The topological polar surface area (TPSA) is 50.2 Å². The number of carbonyl (C=O) groups is 1. The second kappa shape index (κ2) is 10.4. The summed E-state index contributed by atoms with van der Waals surface area (Å²) in [6.45, 7) is 4.11. The Labute approximate surface area is 221 Å². The molecule has 36 heavy (non-hydrogen) atoms. The molecule has 4 aromatic rings. The number of hydrogen-bond donors (Lipinski definition) is 1. The van der Waals surface area contributed by atoms with Crippen molar-refractivity contribution in [2.75, 3.05) is 0 Å². The second-order valence-corrected chi connectivity index (χ2v) is 8.63. The number of aliphatic hydroxyl groups excluding tert-OH is 1. The summed E-state index contributed by atoms with van der Waals surface area (Å²) >= 11 is 0. The molecule has 3 aromatic carbocycles. The van der Waals surface area contributed by atoms with Crippen LogP contribution in [0.4, 0.5) is 13.2 Å². The molecule has 3 nitrogen and oxygen atoms in total. The Morgan fingerprint density at radius 1 is 0.972 bits per heavy atom. The van der Waals surface area contributed by atoms with Crippen molar-refractivity contribution in [1.82, 2.24) is 4.98 Å². The van der Waals surface area contributed by atoms with E-state index in [0.717, 1.165) is 10.9 Å². The molecule has 0 spiro atoms. The van der Waals surface area contributed by atoms with E-state index in [1.165, 1.54) is 26.8 Å². The molecule has 1 aliphatic rings. The van der Waals surface area contributed by atoms with Crippen LogP contribution in [0.3, 0.4) is 0 Å². The fourth-order valence-corrected chi connectivity index (χ4v) is 4.39. The van der Waals surface area contributed by atoms with Crippen LogP contribution in [0.2, 0.25) is 0 Å². The molecule has 5 rings (SSSR count). The first-order chi connectivity index (χ1) is 16.5. The van der Waals surface area contributed by atoms with Gasteiger partial charge in [0.1, 0.15) is 0 Å². The van der Waals surface area contributed by atoms with E-state index in [1.807, 2.05) is 36.4 Å². The largest absolute Gasteiger partial charge is 0.512 e. The predicted octanol–water partition coefficient (Wildman–Crippen LogP) is 7.59. The molecule has 0 saturated carbocycles. The number of hydrogen-bond acceptors (Lipinski definition) is 3. The number of para-hydroxylation sites is 1. The van der Waals surface area contributed by atoms with Gasteiger partial charge in [0.15, 0.2) is 5.78 Å². The first-order valence-corrected chi connectivity index (χ1v) is 11.0. The van der Waals surface area contributed by atoms with Gasteiger partial charge in [-0.25, -0.2) is 0 Å².